The Morgan fingerprint density at radius 2 is 2.25 bits per heavy atom. The summed E-state index contributed by atoms with van der Waals surface area (Å²) in [6, 6.07) is 0. The molecule has 1 unspecified atom stereocenters. The van der Waals surface area contributed by atoms with Crippen LogP contribution in [-0.4, -0.2) is 36.1 Å². The van der Waals surface area contributed by atoms with Gasteiger partial charge in [-0.05, 0) is 13.3 Å². The third-order valence-corrected chi connectivity index (χ3v) is 5.67. The zero-order valence-corrected chi connectivity index (χ0v) is 9.12. The van der Waals surface area contributed by atoms with Gasteiger partial charge in [0.1, 0.15) is 0 Å². The van der Waals surface area contributed by atoms with Gasteiger partial charge in [-0.25, -0.2) is 8.42 Å². The molecule has 0 amide bonds. The molecule has 1 aliphatic rings. The normalized spacial score (nSPS) is 22.8. The zero-order valence-electron chi connectivity index (χ0n) is 7.49. The molecule has 0 spiro atoms. The Hall–Kier alpha value is 0.260. The van der Waals surface area contributed by atoms with Gasteiger partial charge in [0.25, 0.3) is 0 Å². The molecule has 1 saturated heterocycles. The molecule has 0 aromatic rings. The van der Waals surface area contributed by atoms with Gasteiger partial charge in [-0.2, -0.15) is 4.31 Å². The molecule has 1 aliphatic heterocycles. The highest BCUT2D eigenvalue weighted by Crippen LogP contribution is 2.21. The number of nitrogens with zero attached hydrogens (tertiary/aromatic N) is 1. The number of hydrogen-bond donors (Lipinski definition) is 0. The molecule has 1 rings (SSSR count). The molecular formula is C7H15NO2S2. The van der Waals surface area contributed by atoms with E-state index in [-0.39, 0.29) is 5.25 Å². The van der Waals surface area contributed by atoms with Gasteiger partial charge in [0.15, 0.2) is 0 Å². The minimum Gasteiger partial charge on any atom is -0.212 e. The quantitative estimate of drug-likeness (QED) is 0.699. The number of thioether (sulfide) groups is 1. The van der Waals surface area contributed by atoms with Crippen molar-refractivity contribution in [1.82, 2.24) is 4.31 Å². The standard InChI is InChI=1S/C7H15NO2S2/c1-3-7(2)12(9,10)8-4-5-11-6-8/h7H,3-6H2,1-2H3. The predicted molar refractivity (Wildman–Crippen MR) is 52.7 cm³/mol. The lowest BCUT2D eigenvalue weighted by molar-refractivity contribution is 0.477. The first-order valence-corrected chi connectivity index (χ1v) is 6.81. The molecule has 1 atom stereocenters. The minimum atomic E-state index is -2.98. The van der Waals surface area contributed by atoms with Crippen molar-refractivity contribution in [2.75, 3.05) is 18.2 Å². The molecule has 0 saturated carbocycles. The molecule has 0 bridgehead atoms. The first-order valence-electron chi connectivity index (χ1n) is 4.15. The lowest BCUT2D eigenvalue weighted by atomic mass is 10.4. The Kier molecular flexibility index (Phi) is 3.43. The molecular weight excluding hydrogens is 194 g/mol. The van der Waals surface area contributed by atoms with Crippen LogP contribution in [0, 0.1) is 0 Å². The summed E-state index contributed by atoms with van der Waals surface area (Å²) in [6.07, 6.45) is 0.698. The molecule has 0 N–H and O–H groups in total. The number of hydrogen-bond acceptors (Lipinski definition) is 3. The Morgan fingerprint density at radius 1 is 1.58 bits per heavy atom. The van der Waals surface area contributed by atoms with E-state index in [1.807, 2.05) is 6.92 Å². The summed E-state index contributed by atoms with van der Waals surface area (Å²) in [5.74, 6) is 1.59. The van der Waals surface area contributed by atoms with Gasteiger partial charge in [-0.15, -0.1) is 11.8 Å². The average molecular weight is 209 g/mol. The van der Waals surface area contributed by atoms with Gasteiger partial charge in [0, 0.05) is 12.3 Å². The van der Waals surface area contributed by atoms with Crippen LogP contribution in [0.4, 0.5) is 0 Å². The van der Waals surface area contributed by atoms with Gasteiger partial charge >= 0.3 is 0 Å². The molecule has 72 valence electrons. The van der Waals surface area contributed by atoms with Crippen LogP contribution in [0.5, 0.6) is 0 Å². The maximum atomic E-state index is 11.7. The monoisotopic (exact) mass is 209 g/mol. The highest BCUT2D eigenvalue weighted by molar-refractivity contribution is 8.00. The van der Waals surface area contributed by atoms with Gasteiger partial charge < -0.3 is 0 Å². The summed E-state index contributed by atoms with van der Waals surface area (Å²) in [7, 11) is -2.98. The SMILES string of the molecule is CCC(C)S(=O)(=O)N1CCSC1. The average Bonchev–Trinajstić information content (AvgIpc) is 2.55. The van der Waals surface area contributed by atoms with Crippen molar-refractivity contribution < 1.29 is 8.42 Å². The minimum absolute atomic E-state index is 0.226. The van der Waals surface area contributed by atoms with E-state index < -0.39 is 10.0 Å². The molecule has 1 heterocycles. The van der Waals surface area contributed by atoms with Crippen LogP contribution in [0.2, 0.25) is 0 Å². The van der Waals surface area contributed by atoms with Crippen LogP contribution in [0.1, 0.15) is 20.3 Å². The topological polar surface area (TPSA) is 37.4 Å². The van der Waals surface area contributed by atoms with E-state index in [1.165, 1.54) is 0 Å². The highest BCUT2D eigenvalue weighted by atomic mass is 32.2. The van der Waals surface area contributed by atoms with E-state index in [0.29, 0.717) is 18.8 Å². The molecule has 1 fully saturated rings. The van der Waals surface area contributed by atoms with Crippen LogP contribution >= 0.6 is 11.8 Å². The van der Waals surface area contributed by atoms with E-state index in [4.69, 9.17) is 0 Å². The Morgan fingerprint density at radius 3 is 2.67 bits per heavy atom. The fraction of sp³-hybridized carbons (Fsp3) is 1.00. The maximum Gasteiger partial charge on any atom is 0.217 e. The van der Waals surface area contributed by atoms with Crippen molar-refractivity contribution in [3.05, 3.63) is 0 Å². The van der Waals surface area contributed by atoms with Gasteiger partial charge in [0.05, 0.1) is 11.1 Å². The van der Waals surface area contributed by atoms with Gasteiger partial charge in [-0.3, -0.25) is 0 Å². The Balaban J connectivity index is 2.70. The van der Waals surface area contributed by atoms with Crippen molar-refractivity contribution in [2.24, 2.45) is 0 Å². The largest absolute Gasteiger partial charge is 0.217 e. The van der Waals surface area contributed by atoms with Crippen LogP contribution in [0.15, 0.2) is 0 Å². The third-order valence-electron chi connectivity index (χ3n) is 2.16. The first kappa shape index (κ1) is 10.3. The summed E-state index contributed by atoms with van der Waals surface area (Å²) < 4.78 is 24.9. The summed E-state index contributed by atoms with van der Waals surface area (Å²) in [6.45, 7) is 4.38. The maximum absolute atomic E-state index is 11.7. The van der Waals surface area contributed by atoms with Crippen LogP contribution in [0.25, 0.3) is 0 Å². The van der Waals surface area contributed by atoms with Crippen molar-refractivity contribution in [3.63, 3.8) is 0 Å². The third kappa shape index (κ3) is 1.95. The molecule has 3 nitrogen and oxygen atoms in total. The molecule has 0 aliphatic carbocycles. The van der Waals surface area contributed by atoms with Crippen molar-refractivity contribution in [1.29, 1.82) is 0 Å². The van der Waals surface area contributed by atoms with E-state index in [1.54, 1.807) is 23.0 Å². The predicted octanol–water partition coefficient (Wildman–Crippen LogP) is 1.12. The first-order chi connectivity index (χ1) is 5.59. The van der Waals surface area contributed by atoms with Crippen LogP contribution < -0.4 is 0 Å². The van der Waals surface area contributed by atoms with E-state index in [2.05, 4.69) is 0 Å². The summed E-state index contributed by atoms with van der Waals surface area (Å²) in [4.78, 5) is 0. The smallest absolute Gasteiger partial charge is 0.212 e. The molecule has 0 radical (unpaired) electrons. The summed E-state index contributed by atoms with van der Waals surface area (Å²) >= 11 is 1.68. The molecule has 12 heavy (non-hydrogen) atoms. The van der Waals surface area contributed by atoms with Crippen molar-refractivity contribution >= 4 is 21.8 Å². The van der Waals surface area contributed by atoms with Crippen LogP contribution in [0.3, 0.4) is 0 Å². The van der Waals surface area contributed by atoms with Gasteiger partial charge in [0.2, 0.25) is 10.0 Å². The van der Waals surface area contributed by atoms with Crippen molar-refractivity contribution in [2.45, 2.75) is 25.5 Å². The highest BCUT2D eigenvalue weighted by Gasteiger charge is 2.29. The number of rotatable bonds is 3. The van der Waals surface area contributed by atoms with Crippen molar-refractivity contribution in [3.8, 4) is 0 Å². The zero-order chi connectivity index (χ0) is 9.19. The van der Waals surface area contributed by atoms with E-state index >= 15 is 0 Å². The lowest BCUT2D eigenvalue weighted by Crippen LogP contribution is -2.35. The molecule has 0 aromatic carbocycles. The van der Waals surface area contributed by atoms with Crippen LogP contribution in [-0.2, 0) is 10.0 Å². The Bertz CT molecular complexity index is 232. The second-order valence-corrected chi connectivity index (χ2v) is 6.40. The fourth-order valence-electron chi connectivity index (χ4n) is 1.06. The van der Waals surface area contributed by atoms with E-state index in [9.17, 15) is 8.42 Å². The lowest BCUT2D eigenvalue weighted by Gasteiger charge is -2.18. The van der Waals surface area contributed by atoms with E-state index in [0.717, 1.165) is 5.75 Å². The number of sulfonamides is 1. The second-order valence-electron chi connectivity index (χ2n) is 2.98. The fourth-order valence-corrected chi connectivity index (χ4v) is 4.08. The van der Waals surface area contributed by atoms with Gasteiger partial charge in [-0.1, -0.05) is 6.92 Å². The summed E-state index contributed by atoms with van der Waals surface area (Å²) in [5.41, 5.74) is 0. The second kappa shape index (κ2) is 3.98. The molecule has 5 heteroatoms. The summed E-state index contributed by atoms with van der Waals surface area (Å²) in [5, 5.41) is -0.226. The Labute approximate surface area is 78.6 Å². The molecule has 0 aromatic heterocycles.